The minimum absolute atomic E-state index is 0.190. The predicted octanol–water partition coefficient (Wildman–Crippen LogP) is 3.66. The fourth-order valence-corrected chi connectivity index (χ4v) is 4.46. The van der Waals surface area contributed by atoms with E-state index in [1.807, 2.05) is 36.2 Å². The molecule has 6 heteroatoms. The Hall–Kier alpha value is -1.17. The predicted molar refractivity (Wildman–Crippen MR) is 104 cm³/mol. The summed E-state index contributed by atoms with van der Waals surface area (Å²) in [7, 11) is 1.90. The smallest absolute Gasteiger partial charge is 0.169 e. The molecule has 1 saturated carbocycles. The molecule has 0 spiro atoms. The van der Waals surface area contributed by atoms with Crippen molar-refractivity contribution in [3.05, 3.63) is 34.9 Å². The molecule has 1 saturated heterocycles. The van der Waals surface area contributed by atoms with Crippen LogP contribution in [0.25, 0.3) is 0 Å². The average Bonchev–Trinajstić information content (AvgIpc) is 3.14. The van der Waals surface area contributed by atoms with Gasteiger partial charge >= 0.3 is 0 Å². The minimum Gasteiger partial charge on any atom is -0.376 e. The number of nitrogens with one attached hydrogen (secondary N) is 1. The van der Waals surface area contributed by atoms with Crippen LogP contribution in [0, 0.1) is 0 Å². The molecule has 3 rings (SSSR count). The summed E-state index contributed by atoms with van der Waals surface area (Å²) in [6.45, 7) is 1.49. The zero-order chi connectivity index (χ0) is 17.9. The molecule has 25 heavy (non-hydrogen) atoms. The third-order valence-electron chi connectivity index (χ3n) is 5.36. The molecule has 0 unspecified atom stereocenters. The number of likely N-dealkylation sites (N-methyl/N-ethyl adjacent to an activating group) is 1. The second kappa shape index (κ2) is 8.02. The number of Topliss-reactive ketones (excluding diaryl/α,β-unsaturated/α-hetero) is 1. The van der Waals surface area contributed by atoms with E-state index in [1.54, 1.807) is 0 Å². The van der Waals surface area contributed by atoms with Gasteiger partial charge in [0, 0.05) is 37.2 Å². The number of halogens is 1. The summed E-state index contributed by atoms with van der Waals surface area (Å²) in [6.07, 6.45) is 5.54. The number of ketones is 1. The number of hydrogen-bond donors (Lipinski definition) is 1. The molecule has 136 valence electrons. The fraction of sp³-hybridized carbons (Fsp3) is 0.579. The Morgan fingerprint density at radius 3 is 2.88 bits per heavy atom. The Morgan fingerprint density at radius 1 is 1.40 bits per heavy atom. The summed E-state index contributed by atoms with van der Waals surface area (Å²) >= 11 is 12.1. The van der Waals surface area contributed by atoms with Crippen LogP contribution in [-0.2, 0) is 15.1 Å². The highest BCUT2D eigenvalue weighted by atomic mass is 35.5. The Morgan fingerprint density at radius 2 is 2.20 bits per heavy atom. The first kappa shape index (κ1) is 18.6. The summed E-state index contributed by atoms with van der Waals surface area (Å²) in [4.78, 5) is 15.0. The van der Waals surface area contributed by atoms with Crippen molar-refractivity contribution < 1.29 is 9.53 Å². The number of thiocarbonyl (C=S) groups is 1. The van der Waals surface area contributed by atoms with Gasteiger partial charge in [-0.3, -0.25) is 4.79 Å². The van der Waals surface area contributed by atoms with E-state index in [4.69, 9.17) is 28.6 Å². The summed E-state index contributed by atoms with van der Waals surface area (Å²) < 4.78 is 5.65. The van der Waals surface area contributed by atoms with Gasteiger partial charge in [-0.15, -0.1) is 0 Å². The molecule has 1 aromatic rings. The highest BCUT2D eigenvalue weighted by Gasteiger charge is 2.47. The van der Waals surface area contributed by atoms with E-state index >= 15 is 0 Å². The Balaban J connectivity index is 1.85. The summed E-state index contributed by atoms with van der Waals surface area (Å²) in [5.74, 6) is 0.190. The van der Waals surface area contributed by atoms with Gasteiger partial charge in [-0.1, -0.05) is 29.8 Å². The van der Waals surface area contributed by atoms with Crippen molar-refractivity contribution in [3.63, 3.8) is 0 Å². The fourth-order valence-electron chi connectivity index (χ4n) is 3.93. The maximum absolute atomic E-state index is 13.1. The lowest BCUT2D eigenvalue weighted by Crippen LogP contribution is -2.57. The molecule has 1 aliphatic heterocycles. The van der Waals surface area contributed by atoms with Gasteiger partial charge in [-0.2, -0.15) is 0 Å². The van der Waals surface area contributed by atoms with Crippen LogP contribution >= 0.6 is 23.8 Å². The molecular weight excluding hydrogens is 356 g/mol. The quantitative estimate of drug-likeness (QED) is 0.807. The number of benzene rings is 1. The van der Waals surface area contributed by atoms with E-state index in [9.17, 15) is 4.79 Å². The lowest BCUT2D eigenvalue weighted by atomic mass is 9.74. The second-order valence-electron chi connectivity index (χ2n) is 6.85. The summed E-state index contributed by atoms with van der Waals surface area (Å²) in [5, 5.41) is 4.49. The highest BCUT2D eigenvalue weighted by molar-refractivity contribution is 7.80. The van der Waals surface area contributed by atoms with E-state index < -0.39 is 5.54 Å². The number of carbonyl (C=O) groups excluding carboxylic acids is 1. The maximum Gasteiger partial charge on any atom is 0.169 e. The van der Waals surface area contributed by atoms with E-state index in [0.717, 1.165) is 44.3 Å². The summed E-state index contributed by atoms with van der Waals surface area (Å²) in [6, 6.07) is 7.62. The van der Waals surface area contributed by atoms with Gasteiger partial charge in [0.2, 0.25) is 0 Å². The van der Waals surface area contributed by atoms with E-state index in [-0.39, 0.29) is 11.9 Å². The molecule has 1 N–H and O–H groups in total. The zero-order valence-corrected chi connectivity index (χ0v) is 16.2. The Labute approximate surface area is 159 Å². The third kappa shape index (κ3) is 3.69. The van der Waals surface area contributed by atoms with Gasteiger partial charge in [0.25, 0.3) is 0 Å². The van der Waals surface area contributed by atoms with Gasteiger partial charge in [0.05, 0.1) is 6.10 Å². The molecule has 0 bridgehead atoms. The Bertz CT molecular complexity index is 648. The lowest BCUT2D eigenvalue weighted by molar-refractivity contribution is -0.131. The van der Waals surface area contributed by atoms with Crippen molar-refractivity contribution in [2.45, 2.75) is 50.2 Å². The highest BCUT2D eigenvalue weighted by Crippen LogP contribution is 2.42. The Kier molecular flexibility index (Phi) is 5.97. The van der Waals surface area contributed by atoms with Crippen LogP contribution in [0.5, 0.6) is 0 Å². The van der Waals surface area contributed by atoms with Gasteiger partial charge in [0.15, 0.2) is 10.9 Å². The van der Waals surface area contributed by atoms with Crippen molar-refractivity contribution in [2.75, 3.05) is 20.2 Å². The number of hydrogen-bond acceptors (Lipinski definition) is 3. The van der Waals surface area contributed by atoms with Crippen molar-refractivity contribution >= 4 is 34.7 Å². The zero-order valence-electron chi connectivity index (χ0n) is 14.6. The molecule has 2 atom stereocenters. The molecule has 0 aromatic heterocycles. The van der Waals surface area contributed by atoms with Crippen LogP contribution in [0.4, 0.5) is 0 Å². The molecule has 2 aliphatic rings. The van der Waals surface area contributed by atoms with Gasteiger partial charge in [0.1, 0.15) is 5.54 Å². The lowest BCUT2D eigenvalue weighted by Gasteiger charge is -2.45. The minimum atomic E-state index is -0.781. The molecule has 1 aromatic carbocycles. The number of ether oxygens (including phenoxy) is 1. The topological polar surface area (TPSA) is 41.6 Å². The molecule has 0 amide bonds. The standard InChI is InChI=1S/C19H25ClN2O2S/c1-22(18(25)21-13-14-7-6-12-24-14)19(11-5-4-10-17(19)23)15-8-2-3-9-16(15)20/h2-3,8-9,14H,4-7,10-13H2,1H3,(H,21,25)/t14-,19-/m0/s1. The van der Waals surface area contributed by atoms with Crippen LogP contribution in [-0.4, -0.2) is 42.1 Å². The first-order valence-corrected chi connectivity index (χ1v) is 9.76. The summed E-state index contributed by atoms with van der Waals surface area (Å²) in [5.41, 5.74) is 0.0714. The number of nitrogens with zero attached hydrogens (tertiary/aromatic N) is 1. The SMILES string of the molecule is CN(C(=S)NC[C@@H]1CCCO1)[C@]1(c2ccccc2Cl)CCCCC1=O. The second-order valence-corrected chi connectivity index (χ2v) is 7.64. The first-order chi connectivity index (χ1) is 12.1. The molecular formula is C19H25ClN2O2S. The molecule has 1 heterocycles. The molecule has 0 radical (unpaired) electrons. The average molecular weight is 381 g/mol. The van der Waals surface area contributed by atoms with E-state index in [0.29, 0.717) is 23.1 Å². The van der Waals surface area contributed by atoms with Gasteiger partial charge in [-0.25, -0.2) is 0 Å². The van der Waals surface area contributed by atoms with Crippen molar-refractivity contribution in [1.29, 1.82) is 0 Å². The molecule has 1 aliphatic carbocycles. The van der Waals surface area contributed by atoms with Crippen molar-refractivity contribution in [1.82, 2.24) is 10.2 Å². The number of rotatable bonds is 4. The van der Waals surface area contributed by atoms with Crippen LogP contribution in [0.3, 0.4) is 0 Å². The van der Waals surface area contributed by atoms with E-state index in [1.165, 1.54) is 0 Å². The van der Waals surface area contributed by atoms with Crippen molar-refractivity contribution in [3.8, 4) is 0 Å². The monoisotopic (exact) mass is 380 g/mol. The maximum atomic E-state index is 13.1. The normalized spacial score (nSPS) is 26.5. The van der Waals surface area contributed by atoms with E-state index in [2.05, 4.69) is 5.32 Å². The van der Waals surface area contributed by atoms with Crippen molar-refractivity contribution in [2.24, 2.45) is 0 Å². The first-order valence-electron chi connectivity index (χ1n) is 8.97. The van der Waals surface area contributed by atoms with Gasteiger partial charge < -0.3 is 15.0 Å². The van der Waals surface area contributed by atoms with Crippen LogP contribution in [0.1, 0.15) is 44.1 Å². The molecule has 4 nitrogen and oxygen atoms in total. The van der Waals surface area contributed by atoms with Crippen LogP contribution < -0.4 is 5.32 Å². The molecule has 2 fully saturated rings. The third-order valence-corrected chi connectivity index (χ3v) is 6.10. The largest absolute Gasteiger partial charge is 0.376 e. The van der Waals surface area contributed by atoms with Crippen LogP contribution in [0.15, 0.2) is 24.3 Å². The van der Waals surface area contributed by atoms with Crippen LogP contribution in [0.2, 0.25) is 5.02 Å². The number of carbonyl (C=O) groups is 1. The van der Waals surface area contributed by atoms with Gasteiger partial charge in [-0.05, 0) is 50.4 Å².